The molecule has 0 saturated carbocycles. The standard InChI is InChI=1S/C20H33N3O19P2/c1-7(18(30)31)38-16-12(21-8(2)25)19(40-9(5-24)14(16)28)41-44(35,36)42-43(33,34)37-6-10-13(27)15(29)17(39-10)23-4-3-11(26)22-20(23)32/h7,9-10,12-17,19,24,27-29H,3-6H2,1-2H3,(H,21,25)(H,30,31)(H,33,34)(H,35,36)(H,22,26,32)/t7-,9-,10-,12-,13-,14-,15-,16-,17-,19-/m1/s1. The van der Waals surface area contributed by atoms with Crippen molar-refractivity contribution in [2.45, 2.75) is 81.6 Å². The number of carbonyl (C=O) groups excluding carboxylic acids is 3. The number of aliphatic carboxylic acids is 1. The average molecular weight is 681 g/mol. The molecular weight excluding hydrogens is 648 g/mol. The third kappa shape index (κ3) is 8.98. The first-order valence-corrected chi connectivity index (χ1v) is 15.8. The molecule has 0 spiro atoms. The molecule has 252 valence electrons. The van der Waals surface area contributed by atoms with Gasteiger partial charge in [-0.25, -0.2) is 18.7 Å². The zero-order valence-electron chi connectivity index (χ0n) is 23.0. The second-order valence-corrected chi connectivity index (χ2v) is 12.8. The quantitative estimate of drug-likeness (QED) is 0.0838. The number of aliphatic hydroxyl groups is 4. The lowest BCUT2D eigenvalue weighted by Crippen LogP contribution is -2.65. The molecule has 3 aliphatic heterocycles. The summed E-state index contributed by atoms with van der Waals surface area (Å²) < 4.78 is 54.7. The van der Waals surface area contributed by atoms with Crippen molar-refractivity contribution in [2.75, 3.05) is 19.8 Å². The number of carboxylic acid groups (broad SMARTS) is 1. The summed E-state index contributed by atoms with van der Waals surface area (Å²) in [5.41, 5.74) is 0. The van der Waals surface area contributed by atoms with Crippen molar-refractivity contribution in [1.82, 2.24) is 15.5 Å². The van der Waals surface area contributed by atoms with E-state index < -0.39 is 114 Å². The van der Waals surface area contributed by atoms with E-state index in [-0.39, 0.29) is 13.0 Å². The third-order valence-electron chi connectivity index (χ3n) is 6.51. The SMILES string of the molecule is CC(=O)N[C@H]1[C@@H](OP(=O)(O)OP(=O)(O)OC[C@H]2O[C@@H](N3CCC(=O)NC3=O)[C@H](O)[C@@H]2O)O[C@H](CO)[C@@H](O)[C@@H]1O[C@H](C)C(=O)O. The summed E-state index contributed by atoms with van der Waals surface area (Å²) in [6.45, 7) is -0.154. The summed E-state index contributed by atoms with van der Waals surface area (Å²) in [7, 11) is -11.3. The summed E-state index contributed by atoms with van der Waals surface area (Å²) in [4.78, 5) is 67.7. The Bertz CT molecular complexity index is 1190. The number of nitrogens with one attached hydrogen (secondary N) is 2. The first kappa shape index (κ1) is 36.3. The summed E-state index contributed by atoms with van der Waals surface area (Å²) in [5, 5.41) is 54.0. The van der Waals surface area contributed by atoms with E-state index in [1.54, 1.807) is 0 Å². The van der Waals surface area contributed by atoms with Crippen LogP contribution in [0.1, 0.15) is 20.3 Å². The number of nitrogens with zero attached hydrogens (tertiary/aromatic N) is 1. The molecule has 0 aliphatic carbocycles. The van der Waals surface area contributed by atoms with Gasteiger partial charge in [0.1, 0.15) is 42.7 Å². The summed E-state index contributed by atoms with van der Waals surface area (Å²) in [5.74, 6) is -2.93. The van der Waals surface area contributed by atoms with Gasteiger partial charge in [-0.1, -0.05) is 0 Å². The third-order valence-corrected chi connectivity index (χ3v) is 9.11. The Balaban J connectivity index is 1.68. The lowest BCUT2D eigenvalue weighted by Gasteiger charge is -2.44. The molecule has 0 aromatic rings. The molecule has 0 radical (unpaired) electrons. The number of urea groups is 1. The highest BCUT2D eigenvalue weighted by atomic mass is 31.3. The molecule has 3 rings (SSSR count). The topological polar surface area (TPSA) is 327 Å². The van der Waals surface area contributed by atoms with Gasteiger partial charge in [0.15, 0.2) is 18.6 Å². The van der Waals surface area contributed by atoms with E-state index in [9.17, 15) is 63.6 Å². The van der Waals surface area contributed by atoms with Crippen LogP contribution in [0, 0.1) is 0 Å². The van der Waals surface area contributed by atoms with Crippen LogP contribution in [0.5, 0.6) is 0 Å². The van der Waals surface area contributed by atoms with E-state index >= 15 is 0 Å². The van der Waals surface area contributed by atoms with Crippen LogP contribution in [0.2, 0.25) is 0 Å². The van der Waals surface area contributed by atoms with Crippen LogP contribution in [0.15, 0.2) is 0 Å². The molecular formula is C20H33N3O19P2. The van der Waals surface area contributed by atoms with Gasteiger partial charge in [0.05, 0.1) is 13.2 Å². The number of carbonyl (C=O) groups is 4. The highest BCUT2D eigenvalue weighted by molar-refractivity contribution is 7.61. The molecule has 0 aromatic carbocycles. The first-order valence-electron chi connectivity index (χ1n) is 12.8. The molecule has 3 saturated heterocycles. The molecule has 3 fully saturated rings. The number of amides is 4. The van der Waals surface area contributed by atoms with Crippen molar-refractivity contribution in [1.29, 1.82) is 0 Å². The monoisotopic (exact) mass is 681 g/mol. The van der Waals surface area contributed by atoms with Gasteiger partial charge in [-0.2, -0.15) is 4.31 Å². The van der Waals surface area contributed by atoms with Gasteiger partial charge in [0.25, 0.3) is 0 Å². The predicted octanol–water partition coefficient (Wildman–Crippen LogP) is -3.93. The summed E-state index contributed by atoms with van der Waals surface area (Å²) >= 11 is 0. The highest BCUT2D eigenvalue weighted by Crippen LogP contribution is 2.61. The molecule has 4 amide bonds. The molecule has 0 aromatic heterocycles. The lowest BCUT2D eigenvalue weighted by atomic mass is 9.96. The molecule has 22 nitrogen and oxygen atoms in total. The number of rotatable bonds is 13. The van der Waals surface area contributed by atoms with Crippen molar-refractivity contribution >= 4 is 39.5 Å². The Morgan fingerprint density at radius 2 is 1.75 bits per heavy atom. The lowest BCUT2D eigenvalue weighted by molar-refractivity contribution is -0.262. The van der Waals surface area contributed by atoms with Gasteiger partial charge >= 0.3 is 27.6 Å². The molecule has 44 heavy (non-hydrogen) atoms. The molecule has 2 unspecified atom stereocenters. The highest BCUT2D eigenvalue weighted by Gasteiger charge is 2.52. The number of imide groups is 1. The van der Waals surface area contributed by atoms with Crippen molar-refractivity contribution in [3.8, 4) is 0 Å². The van der Waals surface area contributed by atoms with Gasteiger partial charge in [0, 0.05) is 19.9 Å². The van der Waals surface area contributed by atoms with Gasteiger partial charge in [-0.15, -0.1) is 0 Å². The summed E-state index contributed by atoms with van der Waals surface area (Å²) in [6.07, 6.45) is -15.7. The number of aliphatic hydroxyl groups excluding tert-OH is 4. The van der Waals surface area contributed by atoms with Crippen LogP contribution >= 0.6 is 15.6 Å². The zero-order chi connectivity index (χ0) is 33.1. The number of carboxylic acids is 1. The van der Waals surface area contributed by atoms with Crippen LogP contribution in [0.25, 0.3) is 0 Å². The maximum Gasteiger partial charge on any atom is 0.483 e. The summed E-state index contributed by atoms with van der Waals surface area (Å²) in [6, 6.07) is -2.67. The second-order valence-electron chi connectivity index (χ2n) is 9.79. The molecule has 3 heterocycles. The Kier molecular flexibility index (Phi) is 12.0. The maximum atomic E-state index is 12.7. The predicted molar refractivity (Wildman–Crippen MR) is 135 cm³/mol. The Morgan fingerprint density at radius 1 is 1.09 bits per heavy atom. The Morgan fingerprint density at radius 3 is 2.32 bits per heavy atom. The van der Waals surface area contributed by atoms with E-state index in [4.69, 9.17) is 18.7 Å². The molecule has 0 bridgehead atoms. The molecule has 9 N–H and O–H groups in total. The first-order chi connectivity index (χ1) is 20.4. The number of phosphoric acid groups is 2. The van der Waals surface area contributed by atoms with Crippen LogP contribution in [0.3, 0.4) is 0 Å². The van der Waals surface area contributed by atoms with Crippen molar-refractivity contribution in [3.63, 3.8) is 0 Å². The Labute approximate surface area is 248 Å². The minimum atomic E-state index is -5.73. The van der Waals surface area contributed by atoms with Crippen molar-refractivity contribution < 1.29 is 91.2 Å². The van der Waals surface area contributed by atoms with E-state index in [1.165, 1.54) is 0 Å². The number of hydrogen-bond donors (Lipinski definition) is 9. The minimum Gasteiger partial charge on any atom is -0.479 e. The van der Waals surface area contributed by atoms with Gasteiger partial charge < -0.3 is 54.8 Å². The van der Waals surface area contributed by atoms with Crippen LogP contribution in [0.4, 0.5) is 4.79 Å². The van der Waals surface area contributed by atoms with E-state index in [1.807, 2.05) is 5.32 Å². The van der Waals surface area contributed by atoms with E-state index in [0.717, 1.165) is 18.7 Å². The molecule has 24 heteroatoms. The molecule has 3 aliphatic rings. The van der Waals surface area contributed by atoms with Crippen LogP contribution in [-0.4, -0.2) is 145 Å². The fourth-order valence-electron chi connectivity index (χ4n) is 4.42. The maximum absolute atomic E-state index is 12.7. The Hall–Kier alpha value is -2.14. The number of hydrogen-bond acceptors (Lipinski definition) is 16. The van der Waals surface area contributed by atoms with Gasteiger partial charge in [0.2, 0.25) is 11.8 Å². The zero-order valence-corrected chi connectivity index (χ0v) is 24.8. The van der Waals surface area contributed by atoms with E-state index in [0.29, 0.717) is 0 Å². The van der Waals surface area contributed by atoms with Crippen molar-refractivity contribution in [3.05, 3.63) is 0 Å². The molecule has 12 atom stereocenters. The van der Waals surface area contributed by atoms with Gasteiger partial charge in [-0.3, -0.25) is 28.9 Å². The second kappa shape index (κ2) is 14.5. The average Bonchev–Trinajstić information content (AvgIpc) is 3.18. The van der Waals surface area contributed by atoms with Crippen LogP contribution in [-0.2, 0) is 51.1 Å². The fourth-order valence-corrected chi connectivity index (χ4v) is 6.58. The normalized spacial score (nSPS) is 36.2. The van der Waals surface area contributed by atoms with Crippen molar-refractivity contribution in [2.24, 2.45) is 0 Å². The van der Waals surface area contributed by atoms with Gasteiger partial charge in [-0.05, 0) is 6.92 Å². The number of ether oxygens (including phenoxy) is 3. The fraction of sp³-hybridized carbons (Fsp3) is 0.800. The number of phosphoric ester groups is 2. The van der Waals surface area contributed by atoms with E-state index in [2.05, 4.69) is 14.2 Å². The minimum absolute atomic E-state index is 0.141. The largest absolute Gasteiger partial charge is 0.483 e. The smallest absolute Gasteiger partial charge is 0.479 e. The van der Waals surface area contributed by atoms with Crippen LogP contribution < -0.4 is 10.6 Å².